The minimum absolute atomic E-state index is 0.226. The van der Waals surface area contributed by atoms with Crippen LogP contribution >= 0.6 is 15.9 Å². The van der Waals surface area contributed by atoms with Crippen molar-refractivity contribution < 1.29 is 14.3 Å². The summed E-state index contributed by atoms with van der Waals surface area (Å²) in [4.78, 5) is 10.9. The Morgan fingerprint density at radius 1 is 1.32 bits per heavy atom. The Bertz CT molecular complexity index is 441. The van der Waals surface area contributed by atoms with Crippen LogP contribution in [0.4, 0.5) is 0 Å². The van der Waals surface area contributed by atoms with Gasteiger partial charge in [0.15, 0.2) is 13.1 Å². The van der Waals surface area contributed by atoms with Crippen LogP contribution in [-0.2, 0) is 4.74 Å². The van der Waals surface area contributed by atoms with Crippen molar-refractivity contribution in [2.45, 2.75) is 32.6 Å². The van der Waals surface area contributed by atoms with E-state index in [0.717, 1.165) is 29.0 Å². The standard InChI is InChI=1S/C14H21BrO3Si/c1-11-7-13(8-12(9-16)14(11)15)18-10-17-5-6-19(2,3)4/h7-9H,5-6,10H2,1-4H3. The molecule has 0 aliphatic rings. The van der Waals surface area contributed by atoms with Gasteiger partial charge in [0, 0.05) is 24.7 Å². The van der Waals surface area contributed by atoms with Crippen LogP contribution < -0.4 is 4.74 Å². The van der Waals surface area contributed by atoms with Crippen molar-refractivity contribution in [3.05, 3.63) is 27.7 Å². The number of carbonyl (C=O) groups excluding carboxylic acids is 1. The lowest BCUT2D eigenvalue weighted by Gasteiger charge is -2.15. The molecule has 0 unspecified atom stereocenters. The quantitative estimate of drug-likeness (QED) is 0.321. The second kappa shape index (κ2) is 7.22. The zero-order valence-electron chi connectivity index (χ0n) is 12.0. The van der Waals surface area contributed by atoms with Crippen molar-refractivity contribution in [2.24, 2.45) is 0 Å². The molecule has 0 atom stereocenters. The van der Waals surface area contributed by atoms with Crippen LogP contribution in [0.15, 0.2) is 16.6 Å². The van der Waals surface area contributed by atoms with Crippen LogP contribution in [0.1, 0.15) is 15.9 Å². The summed E-state index contributed by atoms with van der Waals surface area (Å²) in [5, 5.41) is 0. The Hall–Kier alpha value is -0.653. The first kappa shape index (κ1) is 16.4. The van der Waals surface area contributed by atoms with Crippen LogP contribution in [0.3, 0.4) is 0 Å². The molecule has 1 aromatic carbocycles. The van der Waals surface area contributed by atoms with Gasteiger partial charge in [-0.15, -0.1) is 0 Å². The molecule has 0 N–H and O–H groups in total. The second-order valence-electron chi connectivity index (χ2n) is 5.74. The zero-order chi connectivity index (χ0) is 14.5. The van der Waals surface area contributed by atoms with Crippen LogP contribution in [0, 0.1) is 6.92 Å². The molecule has 0 saturated heterocycles. The van der Waals surface area contributed by atoms with E-state index in [-0.39, 0.29) is 6.79 Å². The van der Waals surface area contributed by atoms with Gasteiger partial charge in [-0.2, -0.15) is 0 Å². The lowest BCUT2D eigenvalue weighted by Crippen LogP contribution is -2.22. The molecule has 0 saturated carbocycles. The summed E-state index contributed by atoms with van der Waals surface area (Å²) >= 11 is 3.38. The molecule has 0 aliphatic carbocycles. The van der Waals surface area contributed by atoms with Gasteiger partial charge < -0.3 is 9.47 Å². The lowest BCUT2D eigenvalue weighted by atomic mass is 10.1. The minimum atomic E-state index is -1.05. The number of carbonyl (C=O) groups is 1. The SMILES string of the molecule is Cc1cc(OCOCC[Si](C)(C)C)cc(C=O)c1Br. The van der Waals surface area contributed by atoms with Crippen LogP contribution in [0.2, 0.25) is 25.7 Å². The highest BCUT2D eigenvalue weighted by Crippen LogP contribution is 2.25. The highest BCUT2D eigenvalue weighted by molar-refractivity contribution is 9.10. The fraction of sp³-hybridized carbons (Fsp3) is 0.500. The molecule has 19 heavy (non-hydrogen) atoms. The summed E-state index contributed by atoms with van der Waals surface area (Å²) in [6.45, 7) is 9.81. The van der Waals surface area contributed by atoms with Gasteiger partial charge in [-0.1, -0.05) is 19.6 Å². The molecule has 1 aromatic rings. The zero-order valence-corrected chi connectivity index (χ0v) is 14.5. The fourth-order valence-corrected chi connectivity index (χ4v) is 2.56. The molecule has 0 amide bonds. The van der Waals surface area contributed by atoms with E-state index >= 15 is 0 Å². The number of hydrogen-bond acceptors (Lipinski definition) is 3. The average Bonchev–Trinajstić information content (AvgIpc) is 2.31. The normalized spacial score (nSPS) is 11.4. The summed E-state index contributed by atoms with van der Waals surface area (Å²) in [6.07, 6.45) is 0.815. The first-order chi connectivity index (χ1) is 8.83. The van der Waals surface area contributed by atoms with Crippen LogP contribution in [0.5, 0.6) is 5.75 Å². The maximum atomic E-state index is 10.9. The molecule has 0 fully saturated rings. The molecule has 0 heterocycles. The van der Waals surface area contributed by atoms with E-state index < -0.39 is 8.07 Å². The van der Waals surface area contributed by atoms with Crippen molar-refractivity contribution in [3.63, 3.8) is 0 Å². The van der Waals surface area contributed by atoms with Gasteiger partial charge in [0.1, 0.15) is 5.75 Å². The molecule has 106 valence electrons. The van der Waals surface area contributed by atoms with E-state index in [2.05, 4.69) is 35.6 Å². The molecule has 0 aromatic heterocycles. The predicted octanol–water partition coefficient (Wildman–Crippen LogP) is 4.26. The summed E-state index contributed by atoms with van der Waals surface area (Å²) in [5.41, 5.74) is 1.57. The predicted molar refractivity (Wildman–Crippen MR) is 83.9 cm³/mol. The second-order valence-corrected chi connectivity index (χ2v) is 12.2. The van der Waals surface area contributed by atoms with E-state index in [1.807, 2.05) is 13.0 Å². The van der Waals surface area contributed by atoms with Crippen molar-refractivity contribution in [3.8, 4) is 5.75 Å². The average molecular weight is 345 g/mol. The molecule has 0 radical (unpaired) electrons. The summed E-state index contributed by atoms with van der Waals surface area (Å²) in [5.74, 6) is 0.663. The van der Waals surface area contributed by atoms with Crippen LogP contribution in [-0.4, -0.2) is 27.8 Å². The number of benzene rings is 1. The maximum Gasteiger partial charge on any atom is 0.189 e. The molecular weight excluding hydrogens is 324 g/mol. The monoisotopic (exact) mass is 344 g/mol. The van der Waals surface area contributed by atoms with Gasteiger partial charge in [0.25, 0.3) is 0 Å². The molecule has 0 aliphatic heterocycles. The summed E-state index contributed by atoms with van der Waals surface area (Å²) in [7, 11) is -1.05. The smallest absolute Gasteiger partial charge is 0.189 e. The third-order valence-corrected chi connectivity index (χ3v) is 5.48. The fourth-order valence-electron chi connectivity index (χ4n) is 1.48. The van der Waals surface area contributed by atoms with Crippen molar-refractivity contribution in [1.29, 1.82) is 0 Å². The number of aldehydes is 1. The Morgan fingerprint density at radius 3 is 2.58 bits per heavy atom. The highest BCUT2D eigenvalue weighted by atomic mass is 79.9. The van der Waals surface area contributed by atoms with Crippen LogP contribution in [0.25, 0.3) is 0 Å². The van der Waals surface area contributed by atoms with E-state index in [1.54, 1.807) is 6.07 Å². The Morgan fingerprint density at radius 2 is 2.00 bits per heavy atom. The number of aryl methyl sites for hydroxylation is 1. The first-order valence-electron chi connectivity index (χ1n) is 6.29. The van der Waals surface area contributed by atoms with Gasteiger partial charge in [0.2, 0.25) is 0 Å². The molecule has 1 rings (SSSR count). The number of hydrogen-bond donors (Lipinski definition) is 0. The molecular formula is C14H21BrO3Si. The highest BCUT2D eigenvalue weighted by Gasteiger charge is 2.12. The largest absolute Gasteiger partial charge is 0.468 e. The number of halogens is 1. The van der Waals surface area contributed by atoms with E-state index in [9.17, 15) is 4.79 Å². The van der Waals surface area contributed by atoms with Crippen molar-refractivity contribution in [2.75, 3.05) is 13.4 Å². The third-order valence-electron chi connectivity index (χ3n) is 2.69. The van der Waals surface area contributed by atoms with Gasteiger partial charge in [-0.25, -0.2) is 0 Å². The van der Waals surface area contributed by atoms with Gasteiger partial charge in [-0.05, 0) is 46.6 Å². The third kappa shape index (κ3) is 5.89. The Balaban J connectivity index is 2.46. The Kier molecular flexibility index (Phi) is 6.23. The Labute approximate surface area is 124 Å². The van der Waals surface area contributed by atoms with Gasteiger partial charge in [0.05, 0.1) is 0 Å². The van der Waals surface area contributed by atoms with E-state index in [0.29, 0.717) is 11.3 Å². The summed E-state index contributed by atoms with van der Waals surface area (Å²) in [6, 6.07) is 4.72. The van der Waals surface area contributed by atoms with Crippen molar-refractivity contribution in [1.82, 2.24) is 0 Å². The molecule has 0 bridgehead atoms. The first-order valence-corrected chi connectivity index (χ1v) is 10.8. The molecule has 3 nitrogen and oxygen atoms in total. The summed E-state index contributed by atoms with van der Waals surface area (Å²) < 4.78 is 11.8. The lowest BCUT2D eigenvalue weighted by molar-refractivity contribution is 0.0220. The minimum Gasteiger partial charge on any atom is -0.468 e. The van der Waals surface area contributed by atoms with E-state index in [4.69, 9.17) is 9.47 Å². The number of ether oxygens (including phenoxy) is 2. The molecule has 0 spiro atoms. The topological polar surface area (TPSA) is 35.5 Å². The van der Waals surface area contributed by atoms with Gasteiger partial charge in [-0.3, -0.25) is 4.79 Å². The van der Waals surface area contributed by atoms with E-state index in [1.165, 1.54) is 0 Å². The maximum absolute atomic E-state index is 10.9. The van der Waals surface area contributed by atoms with Gasteiger partial charge >= 0.3 is 0 Å². The molecule has 5 heteroatoms. The van der Waals surface area contributed by atoms with Crippen molar-refractivity contribution >= 4 is 30.3 Å². The number of rotatable bonds is 7.